The molecule has 7 heteroatoms. The molecular formula is C20H33IN6. The van der Waals surface area contributed by atoms with Crippen LogP contribution in [0, 0.1) is 0 Å². The maximum atomic E-state index is 4.76. The second kappa shape index (κ2) is 10.8. The standard InChI is InChI=1S/C20H32N6.HI/c1-4-21-20(24-17-9-13-25(14-10-17)16(2)3)22-11-8-18-15-26-12-6-5-7-19(26)23-18;/h5-7,12,15-17H,4,8-11,13-14H2,1-3H3,(H2,21,22,24);1H. The van der Waals surface area contributed by atoms with Crippen LogP contribution in [0.15, 0.2) is 35.6 Å². The van der Waals surface area contributed by atoms with E-state index in [2.05, 4.69) is 51.9 Å². The molecule has 0 spiro atoms. The molecule has 0 amide bonds. The summed E-state index contributed by atoms with van der Waals surface area (Å²) >= 11 is 0. The highest BCUT2D eigenvalue weighted by atomic mass is 127. The van der Waals surface area contributed by atoms with Gasteiger partial charge in [0.15, 0.2) is 5.96 Å². The zero-order chi connectivity index (χ0) is 18.4. The first-order chi connectivity index (χ1) is 12.7. The second-order valence-electron chi connectivity index (χ2n) is 7.26. The van der Waals surface area contributed by atoms with Crippen molar-refractivity contribution in [3.05, 3.63) is 36.3 Å². The van der Waals surface area contributed by atoms with Crippen molar-refractivity contribution < 1.29 is 0 Å². The van der Waals surface area contributed by atoms with Crippen molar-refractivity contribution in [2.24, 2.45) is 4.99 Å². The first-order valence-corrected chi connectivity index (χ1v) is 9.87. The van der Waals surface area contributed by atoms with Gasteiger partial charge < -0.3 is 19.9 Å². The molecule has 0 bridgehead atoms. The quantitative estimate of drug-likeness (QED) is 0.376. The molecular weight excluding hydrogens is 451 g/mol. The maximum absolute atomic E-state index is 4.76. The summed E-state index contributed by atoms with van der Waals surface area (Å²) in [5, 5.41) is 6.99. The molecule has 0 aliphatic carbocycles. The molecule has 1 aliphatic heterocycles. The molecule has 2 aromatic heterocycles. The molecule has 0 atom stereocenters. The van der Waals surface area contributed by atoms with Gasteiger partial charge in [-0.3, -0.25) is 4.99 Å². The van der Waals surface area contributed by atoms with E-state index in [4.69, 9.17) is 4.99 Å². The highest BCUT2D eigenvalue weighted by molar-refractivity contribution is 14.0. The van der Waals surface area contributed by atoms with E-state index >= 15 is 0 Å². The summed E-state index contributed by atoms with van der Waals surface area (Å²) in [6.07, 6.45) is 7.32. The van der Waals surface area contributed by atoms with E-state index in [9.17, 15) is 0 Å². The van der Waals surface area contributed by atoms with Crippen LogP contribution < -0.4 is 10.6 Å². The second-order valence-corrected chi connectivity index (χ2v) is 7.26. The number of fused-ring (bicyclic) bond motifs is 1. The van der Waals surface area contributed by atoms with Crippen LogP contribution in [0.3, 0.4) is 0 Å². The van der Waals surface area contributed by atoms with Crippen LogP contribution >= 0.6 is 24.0 Å². The number of nitrogens with zero attached hydrogens (tertiary/aromatic N) is 4. The monoisotopic (exact) mass is 484 g/mol. The number of hydrogen-bond donors (Lipinski definition) is 2. The largest absolute Gasteiger partial charge is 0.357 e. The van der Waals surface area contributed by atoms with E-state index in [1.807, 2.05) is 24.4 Å². The summed E-state index contributed by atoms with van der Waals surface area (Å²) in [5.41, 5.74) is 2.08. The number of pyridine rings is 1. The van der Waals surface area contributed by atoms with Crippen LogP contribution in [0.4, 0.5) is 0 Å². The molecule has 6 nitrogen and oxygen atoms in total. The highest BCUT2D eigenvalue weighted by Gasteiger charge is 2.21. The number of nitrogens with one attached hydrogen (secondary N) is 2. The van der Waals surface area contributed by atoms with Crippen LogP contribution in [0.25, 0.3) is 5.65 Å². The summed E-state index contributed by atoms with van der Waals surface area (Å²) in [7, 11) is 0. The normalized spacial score (nSPS) is 16.5. The van der Waals surface area contributed by atoms with Crippen LogP contribution in [0.5, 0.6) is 0 Å². The molecule has 0 unspecified atom stereocenters. The van der Waals surface area contributed by atoms with Gasteiger partial charge in [0.05, 0.1) is 5.69 Å². The summed E-state index contributed by atoms with van der Waals surface area (Å²) in [4.78, 5) is 11.9. The third-order valence-electron chi connectivity index (χ3n) is 5.00. The average Bonchev–Trinajstić information content (AvgIpc) is 3.05. The lowest BCUT2D eigenvalue weighted by atomic mass is 10.0. The van der Waals surface area contributed by atoms with Crippen molar-refractivity contribution in [3.63, 3.8) is 0 Å². The van der Waals surface area contributed by atoms with Crippen molar-refractivity contribution >= 4 is 35.6 Å². The number of aromatic nitrogens is 2. The van der Waals surface area contributed by atoms with Gasteiger partial charge in [0.25, 0.3) is 0 Å². The minimum absolute atomic E-state index is 0. The van der Waals surface area contributed by atoms with Crippen molar-refractivity contribution in [1.29, 1.82) is 0 Å². The van der Waals surface area contributed by atoms with Gasteiger partial charge in [-0.2, -0.15) is 0 Å². The van der Waals surface area contributed by atoms with Crippen LogP contribution in [-0.2, 0) is 6.42 Å². The van der Waals surface area contributed by atoms with E-state index in [1.165, 1.54) is 12.8 Å². The summed E-state index contributed by atoms with van der Waals surface area (Å²) < 4.78 is 2.06. The average molecular weight is 484 g/mol. The SMILES string of the molecule is CCNC(=NCCc1cn2ccccc2n1)NC1CCN(C(C)C)CC1.I. The Kier molecular flexibility index (Phi) is 8.82. The van der Waals surface area contributed by atoms with Crippen LogP contribution in [-0.4, -0.2) is 58.5 Å². The third kappa shape index (κ3) is 6.34. The summed E-state index contributed by atoms with van der Waals surface area (Å²) in [6.45, 7) is 10.6. The molecule has 3 rings (SSSR count). The molecule has 2 aromatic rings. The predicted molar refractivity (Wildman–Crippen MR) is 123 cm³/mol. The van der Waals surface area contributed by atoms with E-state index in [-0.39, 0.29) is 24.0 Å². The fourth-order valence-electron chi connectivity index (χ4n) is 3.46. The smallest absolute Gasteiger partial charge is 0.191 e. The molecule has 1 saturated heterocycles. The number of piperidine rings is 1. The molecule has 0 radical (unpaired) electrons. The number of guanidine groups is 1. The van der Waals surface area contributed by atoms with E-state index < -0.39 is 0 Å². The Balaban J connectivity index is 0.00000261. The summed E-state index contributed by atoms with van der Waals surface area (Å²) in [6, 6.07) is 7.22. The Morgan fingerprint density at radius 2 is 2.07 bits per heavy atom. The lowest BCUT2D eigenvalue weighted by Crippen LogP contribution is -2.49. The molecule has 27 heavy (non-hydrogen) atoms. The molecule has 1 fully saturated rings. The Morgan fingerprint density at radius 3 is 2.74 bits per heavy atom. The minimum Gasteiger partial charge on any atom is -0.357 e. The van der Waals surface area contributed by atoms with Crippen molar-refractivity contribution in [1.82, 2.24) is 24.9 Å². The topological polar surface area (TPSA) is 57.0 Å². The van der Waals surface area contributed by atoms with Crippen molar-refractivity contribution in [2.75, 3.05) is 26.2 Å². The molecule has 1 aliphatic rings. The van der Waals surface area contributed by atoms with Gasteiger partial charge in [-0.15, -0.1) is 24.0 Å². The number of imidazole rings is 1. The van der Waals surface area contributed by atoms with Gasteiger partial charge >= 0.3 is 0 Å². The van der Waals surface area contributed by atoms with E-state index in [0.717, 1.165) is 49.9 Å². The van der Waals surface area contributed by atoms with Crippen LogP contribution in [0.2, 0.25) is 0 Å². The number of rotatable bonds is 6. The molecule has 150 valence electrons. The lowest BCUT2D eigenvalue weighted by Gasteiger charge is -2.35. The predicted octanol–water partition coefficient (Wildman–Crippen LogP) is 2.92. The van der Waals surface area contributed by atoms with E-state index in [0.29, 0.717) is 12.1 Å². The van der Waals surface area contributed by atoms with Gasteiger partial charge in [-0.1, -0.05) is 6.07 Å². The maximum Gasteiger partial charge on any atom is 0.191 e. The molecule has 0 saturated carbocycles. The van der Waals surface area contributed by atoms with Gasteiger partial charge in [-0.05, 0) is 45.7 Å². The third-order valence-corrected chi connectivity index (χ3v) is 5.00. The van der Waals surface area contributed by atoms with Crippen molar-refractivity contribution in [2.45, 2.75) is 52.1 Å². The molecule has 0 aromatic carbocycles. The zero-order valence-electron chi connectivity index (χ0n) is 16.7. The first-order valence-electron chi connectivity index (χ1n) is 9.87. The number of likely N-dealkylation sites (tertiary alicyclic amines) is 1. The number of hydrogen-bond acceptors (Lipinski definition) is 3. The molecule has 3 heterocycles. The first kappa shape index (κ1) is 21.9. The summed E-state index contributed by atoms with van der Waals surface area (Å²) in [5.74, 6) is 0.930. The van der Waals surface area contributed by atoms with Gasteiger partial charge in [0, 0.05) is 57.1 Å². The fourth-order valence-corrected chi connectivity index (χ4v) is 3.46. The Bertz CT molecular complexity index is 685. The number of aliphatic imine (C=N–C) groups is 1. The highest BCUT2D eigenvalue weighted by Crippen LogP contribution is 2.12. The van der Waals surface area contributed by atoms with E-state index in [1.54, 1.807) is 0 Å². The fraction of sp³-hybridized carbons (Fsp3) is 0.600. The minimum atomic E-state index is 0. The van der Waals surface area contributed by atoms with Gasteiger partial charge in [0.1, 0.15) is 5.65 Å². The van der Waals surface area contributed by atoms with Gasteiger partial charge in [0.2, 0.25) is 0 Å². The van der Waals surface area contributed by atoms with Crippen molar-refractivity contribution in [3.8, 4) is 0 Å². The van der Waals surface area contributed by atoms with Gasteiger partial charge in [-0.25, -0.2) is 4.98 Å². The lowest BCUT2D eigenvalue weighted by molar-refractivity contribution is 0.167. The number of halogens is 1. The van der Waals surface area contributed by atoms with Crippen LogP contribution in [0.1, 0.15) is 39.3 Å². The Morgan fingerprint density at radius 1 is 1.30 bits per heavy atom. The Labute approximate surface area is 179 Å². The zero-order valence-corrected chi connectivity index (χ0v) is 19.0. The molecule has 2 N–H and O–H groups in total. The Hall–Kier alpha value is -1.35.